The summed E-state index contributed by atoms with van der Waals surface area (Å²) >= 11 is 3.42. The SMILES string of the molecule is CC(=O)c1cccc(NC(=O)C2CCN(Cc3nc(-c4ccc(Br)cc4)no3)CC2)c1. The fourth-order valence-corrected chi connectivity index (χ4v) is 3.90. The minimum absolute atomic E-state index is 0.00401. The number of benzene rings is 2. The zero-order valence-electron chi connectivity index (χ0n) is 17.2. The first-order valence-electron chi connectivity index (χ1n) is 10.2. The lowest BCUT2D eigenvalue weighted by Crippen LogP contribution is -2.37. The van der Waals surface area contributed by atoms with E-state index in [2.05, 4.69) is 36.3 Å². The number of ketones is 1. The number of carbonyl (C=O) groups excluding carboxylic acids is 2. The Balaban J connectivity index is 1.29. The summed E-state index contributed by atoms with van der Waals surface area (Å²) in [5, 5.41) is 7.02. The molecule has 0 aliphatic carbocycles. The lowest BCUT2D eigenvalue weighted by molar-refractivity contribution is -0.121. The Morgan fingerprint density at radius 3 is 2.61 bits per heavy atom. The Morgan fingerprint density at radius 1 is 1.16 bits per heavy atom. The molecule has 2 aromatic carbocycles. The normalized spacial score (nSPS) is 15.0. The van der Waals surface area contributed by atoms with E-state index in [-0.39, 0.29) is 17.6 Å². The van der Waals surface area contributed by atoms with Gasteiger partial charge in [-0.05, 0) is 69.3 Å². The number of hydrogen-bond donors (Lipinski definition) is 1. The van der Waals surface area contributed by atoms with E-state index in [1.54, 1.807) is 24.3 Å². The average molecular weight is 483 g/mol. The molecule has 1 aliphatic heterocycles. The van der Waals surface area contributed by atoms with E-state index < -0.39 is 0 Å². The number of rotatable bonds is 6. The molecule has 1 saturated heterocycles. The second kappa shape index (κ2) is 9.53. The smallest absolute Gasteiger partial charge is 0.241 e. The van der Waals surface area contributed by atoms with Crippen molar-refractivity contribution in [3.63, 3.8) is 0 Å². The summed E-state index contributed by atoms with van der Waals surface area (Å²) in [5.41, 5.74) is 2.16. The molecule has 1 fully saturated rings. The van der Waals surface area contributed by atoms with Crippen molar-refractivity contribution in [2.24, 2.45) is 5.92 Å². The van der Waals surface area contributed by atoms with Crippen LogP contribution in [0.4, 0.5) is 5.69 Å². The summed E-state index contributed by atoms with van der Waals surface area (Å²) < 4.78 is 6.41. The molecule has 31 heavy (non-hydrogen) atoms. The molecule has 8 heteroatoms. The molecule has 7 nitrogen and oxygen atoms in total. The first kappa shape index (κ1) is 21.4. The van der Waals surface area contributed by atoms with Gasteiger partial charge >= 0.3 is 0 Å². The van der Waals surface area contributed by atoms with Gasteiger partial charge in [-0.15, -0.1) is 0 Å². The van der Waals surface area contributed by atoms with Gasteiger partial charge in [0.15, 0.2) is 5.78 Å². The number of aromatic nitrogens is 2. The molecule has 4 rings (SSSR count). The predicted octanol–water partition coefficient (Wildman–Crippen LogP) is 4.55. The van der Waals surface area contributed by atoms with E-state index in [1.165, 1.54) is 6.92 Å². The van der Waals surface area contributed by atoms with Gasteiger partial charge in [0.05, 0.1) is 6.54 Å². The Bertz CT molecular complexity index is 1070. The van der Waals surface area contributed by atoms with E-state index >= 15 is 0 Å². The van der Waals surface area contributed by atoms with Gasteiger partial charge in [-0.3, -0.25) is 14.5 Å². The predicted molar refractivity (Wildman–Crippen MR) is 121 cm³/mol. The first-order valence-corrected chi connectivity index (χ1v) is 11.0. The molecule has 1 N–H and O–H groups in total. The molecule has 0 bridgehead atoms. The molecule has 1 amide bonds. The fraction of sp³-hybridized carbons (Fsp3) is 0.304. The highest BCUT2D eigenvalue weighted by Crippen LogP contribution is 2.23. The maximum absolute atomic E-state index is 12.6. The lowest BCUT2D eigenvalue weighted by Gasteiger charge is -2.30. The largest absolute Gasteiger partial charge is 0.338 e. The minimum atomic E-state index is -0.0572. The number of amides is 1. The van der Waals surface area contributed by atoms with Gasteiger partial charge < -0.3 is 9.84 Å². The molecule has 0 unspecified atom stereocenters. The molecular weight excluding hydrogens is 460 g/mol. The third-order valence-electron chi connectivity index (χ3n) is 5.42. The number of halogens is 1. The Morgan fingerprint density at radius 2 is 1.90 bits per heavy atom. The second-order valence-corrected chi connectivity index (χ2v) is 8.61. The summed E-state index contributed by atoms with van der Waals surface area (Å²) in [4.78, 5) is 30.9. The highest BCUT2D eigenvalue weighted by atomic mass is 79.9. The summed E-state index contributed by atoms with van der Waals surface area (Å²) in [6, 6.07) is 14.8. The van der Waals surface area contributed by atoms with Gasteiger partial charge in [0.1, 0.15) is 0 Å². The standard InChI is InChI=1S/C23H23BrN4O3/c1-15(29)18-3-2-4-20(13-18)25-23(30)17-9-11-28(12-10-17)14-21-26-22(27-31-21)16-5-7-19(24)8-6-16/h2-8,13,17H,9-12,14H2,1H3,(H,25,30). The molecule has 1 aromatic heterocycles. The van der Waals surface area contributed by atoms with E-state index in [4.69, 9.17) is 4.52 Å². The molecule has 1 aliphatic rings. The topological polar surface area (TPSA) is 88.3 Å². The zero-order chi connectivity index (χ0) is 21.8. The van der Waals surface area contributed by atoms with Crippen LogP contribution in [0.1, 0.15) is 36.0 Å². The quantitative estimate of drug-likeness (QED) is 0.518. The van der Waals surface area contributed by atoms with Crippen LogP contribution in [-0.2, 0) is 11.3 Å². The van der Waals surface area contributed by atoms with Crippen LogP contribution in [0.5, 0.6) is 0 Å². The molecule has 0 saturated carbocycles. The van der Waals surface area contributed by atoms with Crippen LogP contribution >= 0.6 is 15.9 Å². The lowest BCUT2D eigenvalue weighted by atomic mass is 9.95. The van der Waals surface area contributed by atoms with Crippen molar-refractivity contribution in [1.82, 2.24) is 15.0 Å². The molecule has 3 aromatic rings. The van der Waals surface area contributed by atoms with Crippen molar-refractivity contribution in [2.75, 3.05) is 18.4 Å². The number of Topliss-reactive ketones (excluding diaryl/α,β-unsaturated/α-hetero) is 1. The second-order valence-electron chi connectivity index (χ2n) is 7.70. The van der Waals surface area contributed by atoms with Crippen molar-refractivity contribution in [1.29, 1.82) is 0 Å². The summed E-state index contributed by atoms with van der Waals surface area (Å²) in [7, 11) is 0. The van der Waals surface area contributed by atoms with Crippen molar-refractivity contribution < 1.29 is 14.1 Å². The number of likely N-dealkylation sites (tertiary alicyclic amines) is 1. The molecule has 2 heterocycles. The van der Waals surface area contributed by atoms with E-state index in [0.717, 1.165) is 36.0 Å². The number of carbonyl (C=O) groups is 2. The van der Waals surface area contributed by atoms with Crippen LogP contribution in [0.25, 0.3) is 11.4 Å². The molecule has 0 atom stereocenters. The summed E-state index contributed by atoms with van der Waals surface area (Å²) in [6.45, 7) is 3.64. The number of hydrogen-bond acceptors (Lipinski definition) is 6. The van der Waals surface area contributed by atoms with E-state index in [9.17, 15) is 9.59 Å². The van der Waals surface area contributed by atoms with Crippen LogP contribution in [-0.4, -0.2) is 39.8 Å². The van der Waals surface area contributed by atoms with Crippen molar-refractivity contribution >= 4 is 33.3 Å². The third-order valence-corrected chi connectivity index (χ3v) is 5.95. The molecule has 0 radical (unpaired) electrons. The Hall–Kier alpha value is -2.84. The Kier molecular flexibility index (Phi) is 6.58. The van der Waals surface area contributed by atoms with Crippen LogP contribution < -0.4 is 5.32 Å². The number of piperidine rings is 1. The van der Waals surface area contributed by atoms with Crippen LogP contribution in [0.2, 0.25) is 0 Å². The van der Waals surface area contributed by atoms with Gasteiger partial charge in [-0.2, -0.15) is 4.98 Å². The molecule has 0 spiro atoms. The van der Waals surface area contributed by atoms with Crippen LogP contribution in [0, 0.1) is 5.92 Å². The van der Waals surface area contributed by atoms with Gasteiger partial charge in [0.25, 0.3) is 0 Å². The van der Waals surface area contributed by atoms with Crippen molar-refractivity contribution in [2.45, 2.75) is 26.3 Å². The number of anilines is 1. The maximum Gasteiger partial charge on any atom is 0.241 e. The summed E-state index contributed by atoms with van der Waals surface area (Å²) in [5.74, 6) is 1.06. The highest BCUT2D eigenvalue weighted by Gasteiger charge is 2.26. The zero-order valence-corrected chi connectivity index (χ0v) is 18.8. The number of nitrogens with one attached hydrogen (secondary N) is 1. The highest BCUT2D eigenvalue weighted by molar-refractivity contribution is 9.10. The van der Waals surface area contributed by atoms with Gasteiger partial charge in [0, 0.05) is 27.2 Å². The van der Waals surface area contributed by atoms with Gasteiger partial charge in [0.2, 0.25) is 17.6 Å². The van der Waals surface area contributed by atoms with Crippen molar-refractivity contribution in [3.05, 3.63) is 64.5 Å². The third kappa shape index (κ3) is 5.45. The van der Waals surface area contributed by atoms with Crippen LogP contribution in [0.15, 0.2) is 57.5 Å². The van der Waals surface area contributed by atoms with E-state index in [0.29, 0.717) is 29.5 Å². The minimum Gasteiger partial charge on any atom is -0.338 e. The van der Waals surface area contributed by atoms with Crippen molar-refractivity contribution in [3.8, 4) is 11.4 Å². The van der Waals surface area contributed by atoms with Crippen LogP contribution in [0.3, 0.4) is 0 Å². The average Bonchev–Trinajstić information content (AvgIpc) is 3.23. The monoisotopic (exact) mass is 482 g/mol. The van der Waals surface area contributed by atoms with Gasteiger partial charge in [-0.25, -0.2) is 0 Å². The first-order chi connectivity index (χ1) is 15.0. The number of nitrogens with zero attached hydrogens (tertiary/aromatic N) is 3. The summed E-state index contributed by atoms with van der Waals surface area (Å²) in [6.07, 6.45) is 1.51. The molecule has 160 valence electrons. The van der Waals surface area contributed by atoms with E-state index in [1.807, 2.05) is 24.3 Å². The molecular formula is C23H23BrN4O3. The fourth-order valence-electron chi connectivity index (χ4n) is 3.64. The Labute approximate surface area is 189 Å². The van der Waals surface area contributed by atoms with Gasteiger partial charge in [-0.1, -0.05) is 33.2 Å². The maximum atomic E-state index is 12.6.